The molecule has 0 unspecified atom stereocenters. The summed E-state index contributed by atoms with van der Waals surface area (Å²) >= 11 is 0. The number of fused-ring (bicyclic) bond motifs is 1. The quantitative estimate of drug-likeness (QED) is 0.576. The van der Waals surface area contributed by atoms with E-state index < -0.39 is 5.91 Å². The van der Waals surface area contributed by atoms with Crippen LogP contribution in [0.1, 0.15) is 45.5 Å². The van der Waals surface area contributed by atoms with Crippen LogP contribution < -0.4 is 16.0 Å². The minimum atomic E-state index is -0.454. The molecule has 0 saturated carbocycles. The second-order valence-electron chi connectivity index (χ2n) is 8.61. The number of furan rings is 1. The number of carbonyl (C=O) groups excluding carboxylic acids is 2. The third kappa shape index (κ3) is 4.24. The first-order valence-corrected chi connectivity index (χ1v) is 11.5. The van der Waals surface area contributed by atoms with Gasteiger partial charge in [-0.3, -0.25) is 9.59 Å². The lowest BCUT2D eigenvalue weighted by Gasteiger charge is -2.32. The van der Waals surface area contributed by atoms with Crippen molar-refractivity contribution < 1.29 is 14.0 Å². The number of piperidine rings is 1. The molecular formula is C26H28N4O3. The van der Waals surface area contributed by atoms with Gasteiger partial charge in [0, 0.05) is 36.4 Å². The summed E-state index contributed by atoms with van der Waals surface area (Å²) in [4.78, 5) is 29.2. The minimum absolute atomic E-state index is 0.0786. The van der Waals surface area contributed by atoms with E-state index >= 15 is 0 Å². The maximum absolute atomic E-state index is 13.0. The van der Waals surface area contributed by atoms with Gasteiger partial charge in [0.1, 0.15) is 5.76 Å². The van der Waals surface area contributed by atoms with Gasteiger partial charge in [0.25, 0.3) is 5.91 Å². The van der Waals surface area contributed by atoms with E-state index in [9.17, 15) is 9.59 Å². The van der Waals surface area contributed by atoms with Crippen molar-refractivity contribution >= 4 is 23.2 Å². The number of hydrogen-bond acceptors (Lipinski definition) is 5. The Labute approximate surface area is 193 Å². The number of likely N-dealkylation sites (tertiary alicyclic amines) is 1. The second kappa shape index (κ2) is 9.11. The van der Waals surface area contributed by atoms with Gasteiger partial charge < -0.3 is 25.3 Å². The van der Waals surface area contributed by atoms with Crippen LogP contribution in [0.2, 0.25) is 0 Å². The van der Waals surface area contributed by atoms with Crippen LogP contribution in [0.4, 0.5) is 11.4 Å². The zero-order chi connectivity index (χ0) is 22.8. The molecule has 3 N–H and O–H groups in total. The Morgan fingerprint density at radius 1 is 1.06 bits per heavy atom. The lowest BCUT2D eigenvalue weighted by Crippen LogP contribution is -2.36. The number of nitrogens with one attached hydrogen (secondary N) is 1. The largest absolute Gasteiger partial charge is 0.464 e. The number of nitrogens with zero attached hydrogens (tertiary/aromatic N) is 2. The fraction of sp³-hybridized carbons (Fsp3) is 0.308. The van der Waals surface area contributed by atoms with Gasteiger partial charge in [-0.15, -0.1) is 0 Å². The van der Waals surface area contributed by atoms with Crippen molar-refractivity contribution in [2.75, 3.05) is 31.1 Å². The highest BCUT2D eigenvalue weighted by Crippen LogP contribution is 2.38. The summed E-state index contributed by atoms with van der Waals surface area (Å²) in [5.74, 6) is 0.217. The SMILES string of the molecule is NC(=O)c1ccc(N(CCN2CCCCC2)c2ccc(-c3ccco3)c3c2C(=O)NC3)cc1. The van der Waals surface area contributed by atoms with Gasteiger partial charge >= 0.3 is 0 Å². The molecule has 2 aliphatic rings. The zero-order valence-corrected chi connectivity index (χ0v) is 18.5. The number of benzene rings is 2. The first-order valence-electron chi connectivity index (χ1n) is 11.5. The molecule has 0 aliphatic carbocycles. The molecule has 170 valence electrons. The zero-order valence-electron chi connectivity index (χ0n) is 18.5. The minimum Gasteiger partial charge on any atom is -0.464 e. The Kier molecular flexibility index (Phi) is 5.88. The van der Waals surface area contributed by atoms with Gasteiger partial charge in [0.05, 0.1) is 17.5 Å². The highest BCUT2D eigenvalue weighted by atomic mass is 16.3. The van der Waals surface area contributed by atoms with Gasteiger partial charge in [0.2, 0.25) is 5.91 Å². The van der Waals surface area contributed by atoms with Crippen LogP contribution in [0.3, 0.4) is 0 Å². The molecule has 0 radical (unpaired) electrons. The molecule has 0 spiro atoms. The standard InChI is InChI=1S/C26H28N4O3/c27-25(31)18-6-8-19(9-7-18)30(15-14-29-12-2-1-3-13-29)22-11-10-20(23-5-4-16-33-23)21-17-28-26(32)24(21)22/h4-11,16H,1-3,12-15,17H2,(H2,27,31)(H,28,32). The average molecular weight is 445 g/mol. The summed E-state index contributed by atoms with van der Waals surface area (Å²) in [5, 5.41) is 2.98. The number of hydrogen-bond donors (Lipinski definition) is 2. The lowest BCUT2D eigenvalue weighted by molar-refractivity contribution is 0.0964. The van der Waals surface area contributed by atoms with E-state index in [1.54, 1.807) is 18.4 Å². The van der Waals surface area contributed by atoms with E-state index in [-0.39, 0.29) is 5.91 Å². The van der Waals surface area contributed by atoms with E-state index in [4.69, 9.17) is 10.2 Å². The molecule has 3 heterocycles. The molecule has 7 nitrogen and oxygen atoms in total. The molecule has 3 aromatic rings. The van der Waals surface area contributed by atoms with Crippen molar-refractivity contribution in [2.24, 2.45) is 5.73 Å². The number of nitrogens with two attached hydrogens (primary N) is 1. The van der Waals surface area contributed by atoms with E-state index in [0.29, 0.717) is 17.7 Å². The van der Waals surface area contributed by atoms with Crippen LogP contribution in [0.5, 0.6) is 0 Å². The maximum atomic E-state index is 13.0. The Morgan fingerprint density at radius 2 is 1.85 bits per heavy atom. The van der Waals surface area contributed by atoms with Gasteiger partial charge in [-0.1, -0.05) is 6.42 Å². The van der Waals surface area contributed by atoms with Crippen molar-refractivity contribution in [1.82, 2.24) is 10.2 Å². The summed E-state index contributed by atoms with van der Waals surface area (Å²) < 4.78 is 5.62. The topological polar surface area (TPSA) is 91.8 Å². The fourth-order valence-corrected chi connectivity index (χ4v) is 4.84. The molecule has 2 aliphatic heterocycles. The number of primary amides is 1. The van der Waals surface area contributed by atoms with Crippen LogP contribution in [-0.4, -0.2) is 42.9 Å². The molecule has 33 heavy (non-hydrogen) atoms. The Balaban J connectivity index is 1.55. The second-order valence-corrected chi connectivity index (χ2v) is 8.61. The van der Waals surface area contributed by atoms with Crippen molar-refractivity contribution in [3.05, 3.63) is 71.5 Å². The van der Waals surface area contributed by atoms with Gasteiger partial charge in [0.15, 0.2) is 0 Å². The predicted octanol–water partition coefficient (Wildman–Crippen LogP) is 3.91. The molecule has 2 amide bonds. The Bertz CT molecular complexity index is 1150. The Morgan fingerprint density at radius 3 is 2.55 bits per heavy atom. The highest BCUT2D eigenvalue weighted by Gasteiger charge is 2.29. The summed E-state index contributed by atoms with van der Waals surface area (Å²) in [7, 11) is 0. The third-order valence-electron chi connectivity index (χ3n) is 6.57. The number of rotatable bonds is 7. The third-order valence-corrected chi connectivity index (χ3v) is 6.57. The summed E-state index contributed by atoms with van der Waals surface area (Å²) in [6.07, 6.45) is 5.38. The molecule has 1 saturated heterocycles. The first-order chi connectivity index (χ1) is 16.1. The predicted molar refractivity (Wildman–Crippen MR) is 128 cm³/mol. The maximum Gasteiger partial charge on any atom is 0.254 e. The average Bonchev–Trinajstić information content (AvgIpc) is 3.51. The van der Waals surface area contributed by atoms with Crippen LogP contribution in [-0.2, 0) is 6.54 Å². The van der Waals surface area contributed by atoms with Crippen molar-refractivity contribution in [1.29, 1.82) is 0 Å². The monoisotopic (exact) mass is 444 g/mol. The molecular weight excluding hydrogens is 416 g/mol. The molecule has 2 aromatic carbocycles. The van der Waals surface area contributed by atoms with Gasteiger partial charge in [-0.25, -0.2) is 0 Å². The van der Waals surface area contributed by atoms with Crippen molar-refractivity contribution in [3.63, 3.8) is 0 Å². The number of amides is 2. The lowest BCUT2D eigenvalue weighted by atomic mass is 9.98. The van der Waals surface area contributed by atoms with Crippen molar-refractivity contribution in [3.8, 4) is 11.3 Å². The van der Waals surface area contributed by atoms with Gasteiger partial charge in [-0.2, -0.15) is 0 Å². The highest BCUT2D eigenvalue weighted by molar-refractivity contribution is 6.06. The number of carbonyl (C=O) groups is 2. The van der Waals surface area contributed by atoms with E-state index in [2.05, 4.69) is 15.1 Å². The molecule has 1 aromatic heterocycles. The van der Waals surface area contributed by atoms with Gasteiger partial charge in [-0.05, 0) is 80.0 Å². The normalized spacial score (nSPS) is 15.8. The van der Waals surface area contributed by atoms with Crippen LogP contribution in [0.25, 0.3) is 11.3 Å². The van der Waals surface area contributed by atoms with Crippen molar-refractivity contribution in [2.45, 2.75) is 25.8 Å². The fourth-order valence-electron chi connectivity index (χ4n) is 4.84. The number of anilines is 2. The first kappa shape index (κ1) is 21.3. The summed E-state index contributed by atoms with van der Waals surface area (Å²) in [6, 6.07) is 15.1. The molecule has 7 heteroatoms. The molecule has 1 fully saturated rings. The Hall–Kier alpha value is -3.58. The van der Waals surface area contributed by atoms with Crippen LogP contribution in [0.15, 0.2) is 59.2 Å². The summed E-state index contributed by atoms with van der Waals surface area (Å²) in [6.45, 7) is 4.30. The van der Waals surface area contributed by atoms with E-state index in [1.807, 2.05) is 36.4 Å². The van der Waals surface area contributed by atoms with E-state index in [1.165, 1.54) is 19.3 Å². The summed E-state index contributed by atoms with van der Waals surface area (Å²) in [5.41, 5.74) is 10.2. The molecule has 0 bridgehead atoms. The smallest absolute Gasteiger partial charge is 0.254 e. The molecule has 0 atom stereocenters. The molecule has 5 rings (SSSR count). The van der Waals surface area contributed by atoms with E-state index in [0.717, 1.165) is 54.4 Å². The van der Waals surface area contributed by atoms with Crippen LogP contribution >= 0.6 is 0 Å². The van der Waals surface area contributed by atoms with Crippen LogP contribution in [0, 0.1) is 0 Å².